The molecule has 1 N–H and O–H groups in total. The van der Waals surface area contributed by atoms with Crippen molar-refractivity contribution in [2.45, 2.75) is 19.8 Å². The molecule has 1 aliphatic rings. The second kappa shape index (κ2) is 2.83. The summed E-state index contributed by atoms with van der Waals surface area (Å²) in [5.41, 5.74) is 2.34. The molecule has 0 spiro atoms. The highest BCUT2D eigenvalue weighted by Crippen LogP contribution is 2.16. The van der Waals surface area contributed by atoms with Gasteiger partial charge in [0.1, 0.15) is 0 Å². The Hall–Kier alpha value is -0.560. The molecular formula is C8H12O. The molecule has 9 heavy (non-hydrogen) atoms. The van der Waals surface area contributed by atoms with E-state index in [-0.39, 0.29) is 6.61 Å². The van der Waals surface area contributed by atoms with Crippen molar-refractivity contribution in [1.29, 1.82) is 0 Å². The molecule has 0 saturated heterocycles. The molecule has 0 heterocycles. The van der Waals surface area contributed by atoms with Crippen LogP contribution in [0, 0.1) is 0 Å². The first kappa shape index (κ1) is 6.56. The smallest absolute Gasteiger partial charge is 0.0681 e. The summed E-state index contributed by atoms with van der Waals surface area (Å²) in [5.74, 6) is 0. The molecule has 1 nitrogen and oxygen atoms in total. The van der Waals surface area contributed by atoms with Gasteiger partial charge in [-0.3, -0.25) is 0 Å². The first-order valence-corrected chi connectivity index (χ1v) is 3.31. The Balaban J connectivity index is 2.68. The molecule has 0 atom stereocenters. The zero-order valence-electron chi connectivity index (χ0n) is 5.72. The van der Waals surface area contributed by atoms with Gasteiger partial charge < -0.3 is 5.11 Å². The first-order valence-electron chi connectivity index (χ1n) is 3.31. The third kappa shape index (κ3) is 1.42. The lowest BCUT2D eigenvalue weighted by Crippen LogP contribution is -1.95. The van der Waals surface area contributed by atoms with E-state index in [1.165, 1.54) is 5.57 Å². The van der Waals surface area contributed by atoms with E-state index < -0.39 is 0 Å². The molecule has 0 amide bonds. The number of allylic oxidation sites excluding steroid dienone is 2. The van der Waals surface area contributed by atoms with Crippen LogP contribution in [0.25, 0.3) is 0 Å². The van der Waals surface area contributed by atoms with E-state index in [0.717, 1.165) is 18.4 Å². The number of aliphatic hydroxyl groups is 1. The molecule has 0 bridgehead atoms. The minimum atomic E-state index is 0.197. The lowest BCUT2D eigenvalue weighted by Gasteiger charge is -2.08. The Morgan fingerprint density at radius 2 is 2.11 bits per heavy atom. The molecule has 0 aromatic carbocycles. The van der Waals surface area contributed by atoms with Crippen LogP contribution in [0.5, 0.6) is 0 Å². The minimum absolute atomic E-state index is 0.197. The third-order valence-electron chi connectivity index (χ3n) is 1.68. The molecular weight excluding hydrogens is 112 g/mol. The fraction of sp³-hybridized carbons (Fsp3) is 0.500. The van der Waals surface area contributed by atoms with Crippen molar-refractivity contribution in [3.63, 3.8) is 0 Å². The number of hydrogen-bond donors (Lipinski definition) is 1. The van der Waals surface area contributed by atoms with Gasteiger partial charge >= 0.3 is 0 Å². The monoisotopic (exact) mass is 124 g/mol. The summed E-state index contributed by atoms with van der Waals surface area (Å²) in [4.78, 5) is 0. The normalized spacial score (nSPS) is 18.9. The second-order valence-electron chi connectivity index (χ2n) is 2.35. The van der Waals surface area contributed by atoms with Crippen molar-refractivity contribution >= 4 is 0 Å². The van der Waals surface area contributed by atoms with Crippen LogP contribution in [0.1, 0.15) is 19.8 Å². The molecule has 50 valence electrons. The third-order valence-corrected chi connectivity index (χ3v) is 1.68. The standard InChI is InChI=1S/C8H12O/c1-7-4-2-3-5-8(7)6-9/h4-5,9H,2-3,6H2,1H3. The van der Waals surface area contributed by atoms with Gasteiger partial charge in [0, 0.05) is 0 Å². The van der Waals surface area contributed by atoms with Crippen LogP contribution in [0.3, 0.4) is 0 Å². The highest BCUT2D eigenvalue weighted by atomic mass is 16.3. The topological polar surface area (TPSA) is 20.2 Å². The lowest BCUT2D eigenvalue weighted by molar-refractivity contribution is 0.332. The molecule has 0 radical (unpaired) electrons. The average Bonchev–Trinajstić information content (AvgIpc) is 1.89. The van der Waals surface area contributed by atoms with Crippen molar-refractivity contribution in [3.05, 3.63) is 23.3 Å². The van der Waals surface area contributed by atoms with Gasteiger partial charge in [0.25, 0.3) is 0 Å². The number of hydrogen-bond acceptors (Lipinski definition) is 1. The predicted molar refractivity (Wildman–Crippen MR) is 38.2 cm³/mol. The van der Waals surface area contributed by atoms with Gasteiger partial charge in [0.2, 0.25) is 0 Å². The molecule has 0 aromatic rings. The van der Waals surface area contributed by atoms with Crippen molar-refractivity contribution < 1.29 is 5.11 Å². The Labute approximate surface area is 55.7 Å². The maximum absolute atomic E-state index is 8.75. The summed E-state index contributed by atoms with van der Waals surface area (Å²) in [6, 6.07) is 0. The van der Waals surface area contributed by atoms with Crippen LogP contribution in [0.15, 0.2) is 23.3 Å². The molecule has 1 aliphatic carbocycles. The first-order chi connectivity index (χ1) is 4.34. The van der Waals surface area contributed by atoms with Crippen molar-refractivity contribution in [3.8, 4) is 0 Å². The number of rotatable bonds is 1. The summed E-state index contributed by atoms with van der Waals surface area (Å²) in [5, 5.41) is 8.75. The van der Waals surface area contributed by atoms with Gasteiger partial charge in [-0.05, 0) is 30.9 Å². The maximum Gasteiger partial charge on any atom is 0.0681 e. The zero-order valence-corrected chi connectivity index (χ0v) is 5.72. The van der Waals surface area contributed by atoms with Crippen LogP contribution >= 0.6 is 0 Å². The van der Waals surface area contributed by atoms with Crippen LogP contribution in [-0.2, 0) is 0 Å². The molecule has 0 saturated carbocycles. The Morgan fingerprint density at radius 3 is 2.56 bits per heavy atom. The average molecular weight is 124 g/mol. The Bertz CT molecular complexity index is 154. The minimum Gasteiger partial charge on any atom is -0.392 e. The van der Waals surface area contributed by atoms with E-state index in [2.05, 4.69) is 12.2 Å². The summed E-state index contributed by atoms with van der Waals surface area (Å²) >= 11 is 0. The van der Waals surface area contributed by atoms with Gasteiger partial charge in [-0.2, -0.15) is 0 Å². The SMILES string of the molecule is CC1=CCCC=C1CO. The summed E-state index contributed by atoms with van der Waals surface area (Å²) in [6.45, 7) is 2.24. The van der Waals surface area contributed by atoms with Crippen molar-refractivity contribution in [1.82, 2.24) is 0 Å². The highest BCUT2D eigenvalue weighted by Gasteiger charge is 2.00. The number of aliphatic hydroxyl groups excluding tert-OH is 1. The zero-order chi connectivity index (χ0) is 6.69. The quantitative estimate of drug-likeness (QED) is 0.563. The summed E-state index contributed by atoms with van der Waals surface area (Å²) in [6.07, 6.45) is 6.50. The van der Waals surface area contributed by atoms with E-state index in [1.807, 2.05) is 6.92 Å². The van der Waals surface area contributed by atoms with Crippen molar-refractivity contribution in [2.75, 3.05) is 6.61 Å². The van der Waals surface area contributed by atoms with Crippen molar-refractivity contribution in [2.24, 2.45) is 0 Å². The van der Waals surface area contributed by atoms with E-state index in [4.69, 9.17) is 5.11 Å². The molecule has 0 aliphatic heterocycles. The van der Waals surface area contributed by atoms with Gasteiger partial charge in [-0.25, -0.2) is 0 Å². The van der Waals surface area contributed by atoms with Crippen LogP contribution < -0.4 is 0 Å². The maximum atomic E-state index is 8.75. The molecule has 0 unspecified atom stereocenters. The predicted octanol–water partition coefficient (Wildman–Crippen LogP) is 1.65. The second-order valence-corrected chi connectivity index (χ2v) is 2.35. The largest absolute Gasteiger partial charge is 0.392 e. The van der Waals surface area contributed by atoms with Gasteiger partial charge in [0.05, 0.1) is 6.61 Å². The van der Waals surface area contributed by atoms with Crippen LogP contribution in [0.2, 0.25) is 0 Å². The molecule has 0 aromatic heterocycles. The molecule has 1 heteroatoms. The van der Waals surface area contributed by atoms with E-state index in [9.17, 15) is 0 Å². The van der Waals surface area contributed by atoms with Gasteiger partial charge in [-0.15, -0.1) is 0 Å². The highest BCUT2D eigenvalue weighted by molar-refractivity contribution is 5.31. The van der Waals surface area contributed by atoms with Gasteiger partial charge in [-0.1, -0.05) is 12.2 Å². The fourth-order valence-corrected chi connectivity index (χ4v) is 1.04. The lowest BCUT2D eigenvalue weighted by atomic mass is 10.0. The van der Waals surface area contributed by atoms with Crippen LogP contribution in [-0.4, -0.2) is 11.7 Å². The van der Waals surface area contributed by atoms with Crippen LogP contribution in [0.4, 0.5) is 0 Å². The van der Waals surface area contributed by atoms with Gasteiger partial charge in [0.15, 0.2) is 0 Å². The summed E-state index contributed by atoms with van der Waals surface area (Å²) in [7, 11) is 0. The van der Waals surface area contributed by atoms with E-state index in [0.29, 0.717) is 0 Å². The van der Waals surface area contributed by atoms with E-state index >= 15 is 0 Å². The Morgan fingerprint density at radius 1 is 1.44 bits per heavy atom. The molecule has 1 rings (SSSR count). The molecule has 0 fully saturated rings. The van der Waals surface area contributed by atoms with E-state index in [1.54, 1.807) is 0 Å². The Kier molecular flexibility index (Phi) is 2.06. The fourth-order valence-electron chi connectivity index (χ4n) is 1.04. The summed E-state index contributed by atoms with van der Waals surface area (Å²) < 4.78 is 0.